The molecular formula is C33H37N6O8P. The van der Waals surface area contributed by atoms with E-state index in [1.807, 2.05) is 50.2 Å². The fraction of sp³-hybridized carbons (Fsp3) is 0.303. The summed E-state index contributed by atoms with van der Waals surface area (Å²) in [5.41, 5.74) is 2.52. The molecule has 2 aromatic heterocycles. The topological polar surface area (TPSA) is 208 Å². The molecule has 0 radical (unpaired) electrons. The van der Waals surface area contributed by atoms with Crippen LogP contribution in [0.5, 0.6) is 0 Å². The monoisotopic (exact) mass is 676 g/mol. The summed E-state index contributed by atoms with van der Waals surface area (Å²) in [7, 11) is -2.74. The maximum absolute atomic E-state index is 13.9. The molecule has 0 saturated heterocycles. The molecule has 2 unspecified atom stereocenters. The van der Waals surface area contributed by atoms with E-state index in [9.17, 15) is 24.1 Å². The van der Waals surface area contributed by atoms with Crippen LogP contribution < -0.4 is 20.8 Å². The number of hydrogen-bond donors (Lipinski definition) is 5. The van der Waals surface area contributed by atoms with E-state index in [4.69, 9.17) is 14.4 Å². The van der Waals surface area contributed by atoms with Crippen molar-refractivity contribution in [1.82, 2.24) is 30.9 Å². The van der Waals surface area contributed by atoms with Gasteiger partial charge in [0.1, 0.15) is 18.7 Å². The highest BCUT2D eigenvalue weighted by molar-refractivity contribution is 7.47. The van der Waals surface area contributed by atoms with Gasteiger partial charge in [-0.3, -0.25) is 14.6 Å². The van der Waals surface area contributed by atoms with Gasteiger partial charge in [0.25, 0.3) is 0 Å². The number of alkyl carbamates (subject to hydrolysis) is 1. The van der Waals surface area contributed by atoms with Gasteiger partial charge in [0, 0.05) is 30.6 Å². The number of ether oxygens (including phenoxy) is 1. The fourth-order valence-corrected chi connectivity index (χ4v) is 5.45. The molecule has 2 heterocycles. The lowest BCUT2D eigenvalue weighted by molar-refractivity contribution is -0.177. The summed E-state index contributed by atoms with van der Waals surface area (Å²) < 4.78 is 10.7. The molecule has 4 rings (SSSR count). The molecule has 48 heavy (non-hydrogen) atoms. The highest BCUT2D eigenvalue weighted by atomic mass is 31.1. The third kappa shape index (κ3) is 11.3. The standard InChI is InChI=1S/C33H37N6O8P/c1-21(2)14-28(47-48(45)19-29(40)41)39-32(43)27(16-25-17-34-20-36-25)37-31(42)26(38-33(44)46-18-22-8-4-3-5-9-22)15-24-11-6-10-23-12-7-13-35-30(23)24/h3-13,17,19-21,26-28H,14-16,18H2,1-2H3,(H,34,36)(H,37,42)(H,38,44)(H,39,43)(H,40,41)/t26-,27?,28+/m1/s1. The van der Waals surface area contributed by atoms with E-state index >= 15 is 0 Å². The van der Waals surface area contributed by atoms with Crippen LogP contribution in [0.4, 0.5) is 4.79 Å². The first-order valence-corrected chi connectivity index (χ1v) is 16.4. The number of carboxylic acids is 1. The maximum atomic E-state index is 13.9. The Morgan fingerprint density at radius 2 is 1.67 bits per heavy atom. The highest BCUT2D eigenvalue weighted by Crippen LogP contribution is 2.20. The van der Waals surface area contributed by atoms with Gasteiger partial charge < -0.3 is 35.7 Å². The smallest absolute Gasteiger partial charge is 0.408 e. The largest absolute Gasteiger partial charge is 0.603 e. The minimum absolute atomic E-state index is 0.0158. The van der Waals surface area contributed by atoms with E-state index in [2.05, 4.69) is 30.9 Å². The Kier molecular flexibility index (Phi) is 13.1. The molecule has 15 heteroatoms. The van der Waals surface area contributed by atoms with E-state index in [0.717, 1.165) is 10.9 Å². The molecule has 252 valence electrons. The first-order valence-electron chi connectivity index (χ1n) is 15.2. The summed E-state index contributed by atoms with van der Waals surface area (Å²) in [5.74, 6) is -2.37. The van der Waals surface area contributed by atoms with Crippen molar-refractivity contribution >= 4 is 48.6 Å². The predicted octanol–water partition coefficient (Wildman–Crippen LogP) is 2.59. The zero-order chi connectivity index (χ0) is 34.5. The van der Waals surface area contributed by atoms with Crippen molar-refractivity contribution in [2.24, 2.45) is 5.92 Å². The average molecular weight is 677 g/mol. The van der Waals surface area contributed by atoms with Gasteiger partial charge in [-0.2, -0.15) is 4.52 Å². The van der Waals surface area contributed by atoms with Crippen LogP contribution in [0.2, 0.25) is 0 Å². The normalized spacial score (nSPS) is 13.4. The summed E-state index contributed by atoms with van der Waals surface area (Å²) in [6.07, 6.45) is 2.81. The van der Waals surface area contributed by atoms with E-state index in [1.54, 1.807) is 36.7 Å². The van der Waals surface area contributed by atoms with Crippen molar-refractivity contribution in [2.75, 3.05) is 0 Å². The quantitative estimate of drug-likeness (QED) is 0.0866. The predicted molar refractivity (Wildman–Crippen MR) is 176 cm³/mol. The van der Waals surface area contributed by atoms with Crippen molar-refractivity contribution < 1.29 is 38.4 Å². The summed E-state index contributed by atoms with van der Waals surface area (Å²) >= 11 is 0. The number of aromatic nitrogens is 3. The van der Waals surface area contributed by atoms with Gasteiger partial charge in [-0.05, 0) is 29.5 Å². The molecule has 0 aliphatic rings. The molecule has 0 saturated carbocycles. The van der Waals surface area contributed by atoms with Crippen LogP contribution in [-0.4, -0.2) is 68.0 Å². The number of rotatable bonds is 16. The molecule has 0 aliphatic heterocycles. The molecule has 5 N–H and O–H groups in total. The highest BCUT2D eigenvalue weighted by Gasteiger charge is 2.31. The number of carbonyl (C=O) groups excluding carboxylic acids is 3. The van der Waals surface area contributed by atoms with Crippen molar-refractivity contribution in [3.05, 3.63) is 96.2 Å². The molecule has 0 fully saturated rings. The summed E-state index contributed by atoms with van der Waals surface area (Å²) in [6.45, 7) is 3.66. The lowest BCUT2D eigenvalue weighted by Crippen LogP contribution is -2.56. The van der Waals surface area contributed by atoms with Gasteiger partial charge in [-0.25, -0.2) is 14.6 Å². The lowest BCUT2D eigenvalue weighted by atomic mass is 10.0. The number of nitrogens with zero attached hydrogens (tertiary/aromatic N) is 2. The second-order valence-electron chi connectivity index (χ2n) is 11.3. The lowest BCUT2D eigenvalue weighted by Gasteiger charge is -2.25. The van der Waals surface area contributed by atoms with Crippen LogP contribution in [0, 0.1) is 5.92 Å². The maximum Gasteiger partial charge on any atom is 0.408 e. The summed E-state index contributed by atoms with van der Waals surface area (Å²) in [4.78, 5) is 75.2. The molecule has 0 bridgehead atoms. The van der Waals surface area contributed by atoms with Crippen molar-refractivity contribution in [3.63, 3.8) is 0 Å². The van der Waals surface area contributed by atoms with Gasteiger partial charge in [0.2, 0.25) is 25.6 Å². The number of hydrogen-bond acceptors (Lipinski definition) is 9. The first-order chi connectivity index (χ1) is 23.1. The minimum Gasteiger partial charge on any atom is -0.603 e. The second kappa shape index (κ2) is 17.7. The second-order valence-corrected chi connectivity index (χ2v) is 12.3. The Bertz CT molecular complexity index is 1710. The number of carboxylic acid groups (broad SMARTS) is 1. The Morgan fingerprint density at radius 1 is 0.938 bits per heavy atom. The SMILES string of the molecule is CC(C)C[C@@H](NC(=O)C(Cc1c[nH]cn1)NC(=O)[C@@H](Cc1cccc2cccnc12)NC(=O)OCc1ccccc1)O/[P+]([O-])=C/C(=O)O. The van der Waals surface area contributed by atoms with E-state index in [0.29, 0.717) is 22.6 Å². The number of para-hydroxylation sites is 1. The number of imidazole rings is 1. The zero-order valence-electron chi connectivity index (χ0n) is 26.4. The third-order valence-corrected chi connectivity index (χ3v) is 7.89. The molecule has 4 atom stereocenters. The molecule has 0 aliphatic carbocycles. The van der Waals surface area contributed by atoms with Gasteiger partial charge >= 0.3 is 12.1 Å². The van der Waals surface area contributed by atoms with Crippen LogP contribution in [0.3, 0.4) is 0 Å². The molecular weight excluding hydrogens is 639 g/mol. The van der Waals surface area contributed by atoms with Crippen LogP contribution in [0.25, 0.3) is 10.9 Å². The number of H-pyrrole nitrogens is 1. The van der Waals surface area contributed by atoms with Gasteiger partial charge in [0.15, 0.2) is 6.23 Å². The number of aliphatic carboxylic acids is 1. The van der Waals surface area contributed by atoms with E-state index < -0.39 is 50.2 Å². The Balaban J connectivity index is 1.57. The number of nitrogens with one attached hydrogen (secondary N) is 4. The fourth-order valence-electron chi connectivity index (χ4n) is 4.82. The van der Waals surface area contributed by atoms with Crippen LogP contribution in [0.1, 0.15) is 37.1 Å². The van der Waals surface area contributed by atoms with Gasteiger partial charge in [-0.1, -0.05) is 68.4 Å². The third-order valence-electron chi connectivity index (χ3n) is 7.00. The van der Waals surface area contributed by atoms with Crippen molar-refractivity contribution in [3.8, 4) is 0 Å². The van der Waals surface area contributed by atoms with Crippen molar-refractivity contribution in [2.45, 2.75) is 58.0 Å². The zero-order valence-corrected chi connectivity index (χ0v) is 27.3. The van der Waals surface area contributed by atoms with Crippen LogP contribution >= 0.6 is 8.00 Å². The molecule has 4 aromatic rings. The Morgan fingerprint density at radius 3 is 2.38 bits per heavy atom. The number of benzene rings is 2. The van der Waals surface area contributed by atoms with Gasteiger partial charge in [0.05, 0.1) is 17.5 Å². The van der Waals surface area contributed by atoms with Crippen molar-refractivity contribution in [1.29, 1.82) is 0 Å². The summed E-state index contributed by atoms with van der Waals surface area (Å²) in [5, 5.41) is 17.8. The Hall–Kier alpha value is -5.17. The number of pyridine rings is 1. The summed E-state index contributed by atoms with van der Waals surface area (Å²) in [6, 6.07) is 15.8. The van der Waals surface area contributed by atoms with E-state index in [-0.39, 0.29) is 31.8 Å². The first kappa shape index (κ1) is 35.7. The number of aromatic amines is 1. The number of amides is 3. The van der Waals surface area contributed by atoms with Crippen LogP contribution in [0.15, 0.2) is 79.4 Å². The molecule has 2 aromatic carbocycles. The Labute approximate surface area is 277 Å². The average Bonchev–Trinajstić information content (AvgIpc) is 3.56. The van der Waals surface area contributed by atoms with Crippen LogP contribution in [-0.2, 0) is 43.1 Å². The number of carbonyl (C=O) groups is 4. The van der Waals surface area contributed by atoms with Gasteiger partial charge in [-0.15, -0.1) is 0 Å². The number of fused-ring (bicyclic) bond motifs is 1. The van der Waals surface area contributed by atoms with E-state index in [1.165, 1.54) is 6.33 Å². The molecule has 3 amide bonds. The molecule has 14 nitrogen and oxygen atoms in total. The minimum atomic E-state index is -2.74. The molecule has 0 spiro atoms.